The van der Waals surface area contributed by atoms with E-state index in [-0.39, 0.29) is 25.9 Å². The standard InChI is InChI=1S/C19H23F3N2O4/c1-17(2,3)27-16(26)24-9-7-18(8-10-24)13-11-12(19(20,21)22)5-6-14(13)23(4)15(25)28-18/h5-6,11H,7-10H2,1-4H3. The van der Waals surface area contributed by atoms with Gasteiger partial charge in [0.15, 0.2) is 0 Å². The van der Waals surface area contributed by atoms with Crippen molar-refractivity contribution in [2.24, 2.45) is 0 Å². The number of ether oxygens (including phenoxy) is 2. The molecule has 0 aliphatic carbocycles. The third-order valence-corrected chi connectivity index (χ3v) is 4.96. The van der Waals surface area contributed by atoms with E-state index < -0.39 is 35.1 Å². The Kier molecular flexibility index (Phi) is 4.75. The van der Waals surface area contributed by atoms with Crippen molar-refractivity contribution in [3.05, 3.63) is 29.3 Å². The van der Waals surface area contributed by atoms with E-state index in [1.165, 1.54) is 22.9 Å². The maximum absolute atomic E-state index is 13.2. The van der Waals surface area contributed by atoms with Crippen molar-refractivity contribution in [3.63, 3.8) is 0 Å². The molecular weight excluding hydrogens is 377 g/mol. The van der Waals surface area contributed by atoms with Crippen molar-refractivity contribution in [1.29, 1.82) is 0 Å². The largest absolute Gasteiger partial charge is 0.444 e. The molecule has 2 aliphatic rings. The van der Waals surface area contributed by atoms with Crippen LogP contribution in [-0.4, -0.2) is 42.8 Å². The van der Waals surface area contributed by atoms with Gasteiger partial charge in [0, 0.05) is 38.5 Å². The minimum Gasteiger partial charge on any atom is -0.444 e. The first-order valence-electron chi connectivity index (χ1n) is 8.99. The van der Waals surface area contributed by atoms with Crippen LogP contribution in [0, 0.1) is 0 Å². The molecule has 2 aliphatic heterocycles. The third-order valence-electron chi connectivity index (χ3n) is 4.96. The molecule has 1 aromatic carbocycles. The second-order valence-electron chi connectivity index (χ2n) is 8.12. The van der Waals surface area contributed by atoms with E-state index in [1.54, 1.807) is 20.8 Å². The van der Waals surface area contributed by atoms with Crippen molar-refractivity contribution in [1.82, 2.24) is 4.90 Å². The summed E-state index contributed by atoms with van der Waals surface area (Å²) in [6, 6.07) is 3.29. The van der Waals surface area contributed by atoms with Gasteiger partial charge in [-0.2, -0.15) is 13.2 Å². The number of hydrogen-bond donors (Lipinski definition) is 0. The van der Waals surface area contributed by atoms with E-state index >= 15 is 0 Å². The summed E-state index contributed by atoms with van der Waals surface area (Å²) in [6.07, 6.45) is -5.24. The lowest BCUT2D eigenvalue weighted by atomic mass is 9.81. The van der Waals surface area contributed by atoms with Gasteiger partial charge >= 0.3 is 18.4 Å². The third kappa shape index (κ3) is 3.74. The van der Waals surface area contributed by atoms with E-state index in [4.69, 9.17) is 9.47 Å². The van der Waals surface area contributed by atoms with Crippen molar-refractivity contribution in [3.8, 4) is 0 Å². The molecule has 0 unspecified atom stereocenters. The lowest BCUT2D eigenvalue weighted by Crippen LogP contribution is -2.52. The lowest BCUT2D eigenvalue weighted by molar-refractivity contribution is -0.137. The number of amides is 2. The van der Waals surface area contributed by atoms with Gasteiger partial charge in [-0.1, -0.05) is 0 Å². The first kappa shape index (κ1) is 20.3. The SMILES string of the molecule is CN1C(=O)OC2(CCN(C(=O)OC(C)(C)C)CC2)c2cc(C(F)(F)F)ccc21. The summed E-state index contributed by atoms with van der Waals surface area (Å²) in [5.74, 6) is 0. The van der Waals surface area contributed by atoms with Crippen LogP contribution in [-0.2, 0) is 21.3 Å². The molecule has 0 atom stereocenters. The summed E-state index contributed by atoms with van der Waals surface area (Å²) < 4.78 is 50.6. The second-order valence-corrected chi connectivity index (χ2v) is 8.12. The number of alkyl halides is 3. The number of carbonyl (C=O) groups is 2. The monoisotopic (exact) mass is 400 g/mol. The van der Waals surface area contributed by atoms with E-state index in [9.17, 15) is 22.8 Å². The predicted octanol–water partition coefficient (Wildman–Crippen LogP) is 4.52. The second kappa shape index (κ2) is 6.56. The van der Waals surface area contributed by atoms with Gasteiger partial charge in [-0.25, -0.2) is 9.59 Å². The Morgan fingerprint density at radius 3 is 2.32 bits per heavy atom. The summed E-state index contributed by atoms with van der Waals surface area (Å²) in [4.78, 5) is 27.2. The molecule has 3 rings (SSSR count). The zero-order valence-corrected chi connectivity index (χ0v) is 16.2. The number of anilines is 1. The van der Waals surface area contributed by atoms with Crippen LogP contribution in [0.2, 0.25) is 0 Å². The first-order valence-corrected chi connectivity index (χ1v) is 8.99. The van der Waals surface area contributed by atoms with Crippen LogP contribution >= 0.6 is 0 Å². The number of likely N-dealkylation sites (tertiary alicyclic amines) is 1. The van der Waals surface area contributed by atoms with Crippen LogP contribution in [0.25, 0.3) is 0 Å². The molecule has 0 aromatic heterocycles. The fraction of sp³-hybridized carbons (Fsp3) is 0.579. The summed E-state index contributed by atoms with van der Waals surface area (Å²) >= 11 is 0. The number of piperidine rings is 1. The van der Waals surface area contributed by atoms with Crippen molar-refractivity contribution >= 4 is 17.9 Å². The minimum atomic E-state index is -4.51. The molecule has 1 aromatic rings. The van der Waals surface area contributed by atoms with Gasteiger partial charge < -0.3 is 14.4 Å². The van der Waals surface area contributed by atoms with Gasteiger partial charge in [0.05, 0.1) is 11.3 Å². The van der Waals surface area contributed by atoms with Gasteiger partial charge in [0.1, 0.15) is 11.2 Å². The quantitative estimate of drug-likeness (QED) is 0.643. The van der Waals surface area contributed by atoms with E-state index in [2.05, 4.69) is 0 Å². The molecule has 0 radical (unpaired) electrons. The number of halogens is 3. The van der Waals surface area contributed by atoms with Crippen LogP contribution in [0.4, 0.5) is 28.4 Å². The maximum Gasteiger partial charge on any atom is 0.416 e. The molecule has 0 bridgehead atoms. The lowest BCUT2D eigenvalue weighted by Gasteiger charge is -2.46. The Balaban J connectivity index is 1.90. The van der Waals surface area contributed by atoms with Gasteiger partial charge in [0.25, 0.3) is 0 Å². The molecule has 28 heavy (non-hydrogen) atoms. The van der Waals surface area contributed by atoms with Gasteiger partial charge in [-0.3, -0.25) is 4.90 Å². The first-order chi connectivity index (χ1) is 12.8. The highest BCUT2D eigenvalue weighted by molar-refractivity contribution is 5.91. The summed E-state index contributed by atoms with van der Waals surface area (Å²) in [5, 5.41) is 0. The van der Waals surface area contributed by atoms with Crippen molar-refractivity contribution < 1.29 is 32.2 Å². The molecule has 1 saturated heterocycles. The normalized spacial score (nSPS) is 19.3. The van der Waals surface area contributed by atoms with E-state index in [1.807, 2.05) is 0 Å². The molecule has 1 spiro atoms. The number of fused-ring (bicyclic) bond motifs is 2. The number of carbonyl (C=O) groups excluding carboxylic acids is 2. The summed E-state index contributed by atoms with van der Waals surface area (Å²) in [7, 11) is 1.46. The van der Waals surface area contributed by atoms with Crippen LogP contribution in [0.3, 0.4) is 0 Å². The highest BCUT2D eigenvalue weighted by Gasteiger charge is 2.48. The molecular formula is C19H23F3N2O4. The number of nitrogens with zero attached hydrogens (tertiary/aromatic N) is 2. The van der Waals surface area contributed by atoms with Gasteiger partial charge in [-0.05, 0) is 39.0 Å². The van der Waals surface area contributed by atoms with E-state index in [0.29, 0.717) is 11.3 Å². The Bertz CT molecular complexity index is 793. The van der Waals surface area contributed by atoms with Crippen molar-refractivity contribution in [2.75, 3.05) is 25.0 Å². The van der Waals surface area contributed by atoms with E-state index in [0.717, 1.165) is 12.1 Å². The number of benzene rings is 1. The van der Waals surface area contributed by atoms with Gasteiger partial charge in [-0.15, -0.1) is 0 Å². The zero-order valence-electron chi connectivity index (χ0n) is 16.2. The molecule has 6 nitrogen and oxygen atoms in total. The molecule has 2 heterocycles. The number of hydrogen-bond acceptors (Lipinski definition) is 4. The van der Waals surface area contributed by atoms with Crippen LogP contribution < -0.4 is 4.90 Å². The molecule has 0 saturated carbocycles. The highest BCUT2D eigenvalue weighted by atomic mass is 19.4. The molecule has 1 fully saturated rings. The Morgan fingerprint density at radius 1 is 1.18 bits per heavy atom. The van der Waals surface area contributed by atoms with Crippen molar-refractivity contribution in [2.45, 2.75) is 51.0 Å². The zero-order chi connectivity index (χ0) is 20.9. The minimum absolute atomic E-state index is 0.195. The Hall–Kier alpha value is -2.45. The summed E-state index contributed by atoms with van der Waals surface area (Å²) in [6.45, 7) is 5.68. The number of rotatable bonds is 0. The summed E-state index contributed by atoms with van der Waals surface area (Å²) in [5.41, 5.74) is -1.95. The van der Waals surface area contributed by atoms with Gasteiger partial charge in [0.2, 0.25) is 0 Å². The highest BCUT2D eigenvalue weighted by Crippen LogP contribution is 2.47. The molecule has 0 N–H and O–H groups in total. The van der Waals surface area contributed by atoms with Crippen LogP contribution in [0.5, 0.6) is 0 Å². The Morgan fingerprint density at radius 2 is 1.79 bits per heavy atom. The Labute approximate surface area is 161 Å². The fourth-order valence-electron chi connectivity index (χ4n) is 3.51. The predicted molar refractivity (Wildman–Crippen MR) is 95.0 cm³/mol. The molecule has 154 valence electrons. The average molecular weight is 400 g/mol. The average Bonchev–Trinajstić information content (AvgIpc) is 2.58. The smallest absolute Gasteiger partial charge is 0.416 e. The topological polar surface area (TPSA) is 59.1 Å². The fourth-order valence-corrected chi connectivity index (χ4v) is 3.51. The van der Waals surface area contributed by atoms with Crippen LogP contribution in [0.15, 0.2) is 18.2 Å². The van der Waals surface area contributed by atoms with Crippen LogP contribution in [0.1, 0.15) is 44.7 Å². The molecule has 2 amide bonds. The molecule has 9 heteroatoms. The maximum atomic E-state index is 13.2.